The number of aliphatic hydroxyl groups is 1. The van der Waals surface area contributed by atoms with Gasteiger partial charge >= 0.3 is 5.97 Å². The number of hydrogen-bond donors (Lipinski definition) is 3. The van der Waals surface area contributed by atoms with Crippen LogP contribution in [0.1, 0.15) is 59.4 Å². The van der Waals surface area contributed by atoms with Gasteiger partial charge in [-0.2, -0.15) is 5.26 Å². The van der Waals surface area contributed by atoms with Crippen LogP contribution >= 0.6 is 0 Å². The normalized spacial score (nSPS) is 19.6. The van der Waals surface area contributed by atoms with Gasteiger partial charge in [0.05, 0.1) is 28.7 Å². The molecule has 2 fully saturated rings. The molecule has 2 aliphatic rings. The van der Waals surface area contributed by atoms with E-state index in [1.54, 1.807) is 24.3 Å². The topological polar surface area (TPSA) is 122 Å². The lowest BCUT2D eigenvalue weighted by atomic mass is 9.67. The number of nitriles is 1. The van der Waals surface area contributed by atoms with E-state index in [1.165, 1.54) is 0 Å². The first kappa shape index (κ1) is 22.1. The molecule has 1 aromatic heterocycles. The number of aromatic nitrogens is 2. The number of carbonyl (C=O) groups is 1. The Bertz CT molecular complexity index is 1330. The lowest BCUT2D eigenvalue weighted by Crippen LogP contribution is -2.40. The molecule has 2 heterocycles. The highest BCUT2D eigenvalue weighted by molar-refractivity contribution is 5.94. The molecule has 174 valence electrons. The highest BCUT2D eigenvalue weighted by Crippen LogP contribution is 2.49. The number of aromatic carboxylic acids is 1. The lowest BCUT2D eigenvalue weighted by Gasteiger charge is -2.40. The van der Waals surface area contributed by atoms with E-state index in [0.717, 1.165) is 30.4 Å². The molecule has 1 aliphatic heterocycles. The van der Waals surface area contributed by atoms with E-state index in [-0.39, 0.29) is 22.7 Å². The molecule has 1 aliphatic carbocycles. The third-order valence-electron chi connectivity index (χ3n) is 7.28. The molecule has 0 bridgehead atoms. The zero-order valence-corrected chi connectivity index (χ0v) is 19.2. The summed E-state index contributed by atoms with van der Waals surface area (Å²) in [6, 6.07) is 12.6. The van der Waals surface area contributed by atoms with Gasteiger partial charge in [-0.05, 0) is 50.5 Å². The van der Waals surface area contributed by atoms with Crippen molar-refractivity contribution in [1.29, 1.82) is 5.26 Å². The molecular weight excluding hydrogens is 430 g/mol. The molecule has 3 N–H and O–H groups in total. The smallest absolute Gasteiger partial charge is 0.337 e. The largest absolute Gasteiger partial charge is 0.478 e. The zero-order chi connectivity index (χ0) is 24.0. The molecule has 8 nitrogen and oxygen atoms in total. The molecule has 5 rings (SSSR count). The number of benzene rings is 2. The van der Waals surface area contributed by atoms with Gasteiger partial charge in [0, 0.05) is 29.8 Å². The first-order valence-corrected chi connectivity index (χ1v) is 11.6. The summed E-state index contributed by atoms with van der Waals surface area (Å²) >= 11 is 0. The predicted molar refractivity (Wildman–Crippen MR) is 129 cm³/mol. The number of β-amino-alcohol motifs (C(OH)–C–C–N with tert-alkyl or cyclic N) is 1. The molecule has 8 heteroatoms. The van der Waals surface area contributed by atoms with E-state index < -0.39 is 12.1 Å². The monoisotopic (exact) mass is 457 g/mol. The van der Waals surface area contributed by atoms with E-state index in [0.29, 0.717) is 35.6 Å². The van der Waals surface area contributed by atoms with Crippen molar-refractivity contribution in [2.75, 3.05) is 23.3 Å². The van der Waals surface area contributed by atoms with E-state index in [1.807, 2.05) is 30.9 Å². The fourth-order valence-electron chi connectivity index (χ4n) is 5.29. The summed E-state index contributed by atoms with van der Waals surface area (Å²) in [6.45, 7) is 5.02. The Kier molecular flexibility index (Phi) is 5.37. The number of carboxylic acids is 1. The van der Waals surface area contributed by atoms with Gasteiger partial charge in [0.1, 0.15) is 6.07 Å². The molecule has 34 heavy (non-hydrogen) atoms. The third-order valence-corrected chi connectivity index (χ3v) is 7.28. The number of nitrogens with zero attached hydrogens (tertiary/aromatic N) is 4. The quantitative estimate of drug-likeness (QED) is 0.525. The van der Waals surface area contributed by atoms with Crippen LogP contribution < -0.4 is 10.2 Å². The van der Waals surface area contributed by atoms with Crippen LogP contribution in [0.3, 0.4) is 0 Å². The van der Waals surface area contributed by atoms with Crippen LogP contribution in [0.2, 0.25) is 0 Å². The predicted octanol–water partition coefficient (Wildman–Crippen LogP) is 4.03. The number of aliphatic hydroxyl groups excluding tert-OH is 1. The Morgan fingerprint density at radius 3 is 2.71 bits per heavy atom. The maximum absolute atomic E-state index is 11.7. The third kappa shape index (κ3) is 3.62. The Balaban J connectivity index is 1.57. The van der Waals surface area contributed by atoms with Gasteiger partial charge in [-0.25, -0.2) is 14.8 Å². The number of anilines is 2. The number of para-hydroxylation sites is 1. The van der Waals surface area contributed by atoms with E-state index >= 15 is 0 Å². The molecule has 2 atom stereocenters. The van der Waals surface area contributed by atoms with Crippen molar-refractivity contribution in [1.82, 2.24) is 9.97 Å². The van der Waals surface area contributed by atoms with Crippen LogP contribution in [0.25, 0.3) is 11.0 Å². The highest BCUT2D eigenvalue weighted by atomic mass is 16.4. The molecule has 0 radical (unpaired) electrons. The lowest BCUT2D eigenvalue weighted by molar-refractivity contribution is 0.00810. The molecule has 1 saturated carbocycles. The van der Waals surface area contributed by atoms with Crippen LogP contribution in [0.15, 0.2) is 36.4 Å². The summed E-state index contributed by atoms with van der Waals surface area (Å²) < 4.78 is 0. The van der Waals surface area contributed by atoms with Crippen molar-refractivity contribution >= 4 is 28.5 Å². The molecule has 0 amide bonds. The second-order valence-corrected chi connectivity index (χ2v) is 9.56. The van der Waals surface area contributed by atoms with Gasteiger partial charge < -0.3 is 20.4 Å². The van der Waals surface area contributed by atoms with Crippen molar-refractivity contribution in [3.63, 3.8) is 0 Å². The number of carboxylic acid groups (broad SMARTS) is 1. The Morgan fingerprint density at radius 2 is 2.06 bits per heavy atom. The maximum Gasteiger partial charge on any atom is 0.337 e. The van der Waals surface area contributed by atoms with Crippen molar-refractivity contribution < 1.29 is 15.0 Å². The van der Waals surface area contributed by atoms with Crippen molar-refractivity contribution in [2.24, 2.45) is 5.41 Å². The van der Waals surface area contributed by atoms with Gasteiger partial charge in [0.25, 0.3) is 0 Å². The van der Waals surface area contributed by atoms with Crippen LogP contribution in [0.5, 0.6) is 0 Å². The summed E-state index contributed by atoms with van der Waals surface area (Å²) in [6.07, 6.45) is 2.66. The van der Waals surface area contributed by atoms with E-state index in [2.05, 4.69) is 16.4 Å². The van der Waals surface area contributed by atoms with Crippen molar-refractivity contribution in [3.05, 3.63) is 58.8 Å². The molecule has 1 spiro atoms. The Hall–Kier alpha value is -3.70. The summed E-state index contributed by atoms with van der Waals surface area (Å²) in [5.41, 5.74) is 3.99. The number of fused-ring (bicyclic) bond motifs is 1. The first-order valence-electron chi connectivity index (χ1n) is 11.6. The van der Waals surface area contributed by atoms with Gasteiger partial charge in [-0.15, -0.1) is 0 Å². The summed E-state index contributed by atoms with van der Waals surface area (Å²) in [5.74, 6) is -0.497. The maximum atomic E-state index is 11.7. The summed E-state index contributed by atoms with van der Waals surface area (Å²) in [5, 5.41) is 33.4. The zero-order valence-electron chi connectivity index (χ0n) is 19.2. The Morgan fingerprint density at radius 1 is 1.29 bits per heavy atom. The molecule has 1 unspecified atom stereocenters. The summed E-state index contributed by atoms with van der Waals surface area (Å²) in [4.78, 5) is 23.2. The van der Waals surface area contributed by atoms with Gasteiger partial charge in [0.15, 0.2) is 11.5 Å². The fourth-order valence-corrected chi connectivity index (χ4v) is 5.29. The standard InChI is InChI=1S/C26H27N5O3/c1-15-10-18(16(2)28-19-7-4-3-6-17(19)25(33)34)23-20(11-15)29-21(12-27)24(30-23)31-13-22(32)26(14-31)8-5-9-26/h3-4,6-7,10-11,16,22,28,32H,5,8-9,13-14H2,1-2H3,(H,33,34)/t16-,22?/m1/s1. The second kappa shape index (κ2) is 8.26. The van der Waals surface area contributed by atoms with E-state index in [9.17, 15) is 20.3 Å². The molecular formula is C26H27N5O3. The molecule has 2 aromatic carbocycles. The highest BCUT2D eigenvalue weighted by Gasteiger charge is 2.50. The minimum absolute atomic E-state index is 0.102. The number of nitrogens with one attached hydrogen (secondary N) is 1. The van der Waals surface area contributed by atoms with Crippen LogP contribution in [0.4, 0.5) is 11.5 Å². The molecule has 1 saturated heterocycles. The van der Waals surface area contributed by atoms with Crippen LogP contribution in [-0.4, -0.2) is 45.3 Å². The minimum atomic E-state index is -0.998. The van der Waals surface area contributed by atoms with Gasteiger partial charge in [0.2, 0.25) is 0 Å². The summed E-state index contributed by atoms with van der Waals surface area (Å²) in [7, 11) is 0. The van der Waals surface area contributed by atoms with E-state index in [4.69, 9.17) is 4.98 Å². The first-order chi connectivity index (χ1) is 16.3. The van der Waals surface area contributed by atoms with Crippen LogP contribution in [-0.2, 0) is 0 Å². The van der Waals surface area contributed by atoms with Crippen molar-refractivity contribution in [2.45, 2.75) is 45.3 Å². The second-order valence-electron chi connectivity index (χ2n) is 9.56. The fraction of sp³-hybridized carbons (Fsp3) is 0.385. The Labute approximate surface area is 197 Å². The average molecular weight is 458 g/mol. The number of hydrogen-bond acceptors (Lipinski definition) is 7. The van der Waals surface area contributed by atoms with Gasteiger partial charge in [-0.3, -0.25) is 0 Å². The molecule has 3 aromatic rings. The van der Waals surface area contributed by atoms with Crippen LogP contribution in [0, 0.1) is 23.7 Å². The number of rotatable bonds is 5. The number of aryl methyl sites for hydroxylation is 1. The SMILES string of the molecule is Cc1cc([C@@H](C)Nc2ccccc2C(=O)O)c2nc(N3CC(O)C4(CCC4)C3)c(C#N)nc2c1. The van der Waals surface area contributed by atoms with Gasteiger partial charge in [-0.1, -0.05) is 24.6 Å². The average Bonchev–Trinajstić information content (AvgIpc) is 3.15. The minimum Gasteiger partial charge on any atom is -0.478 e. The van der Waals surface area contributed by atoms with Crippen molar-refractivity contribution in [3.8, 4) is 6.07 Å².